The third-order valence-corrected chi connectivity index (χ3v) is 4.29. The predicted molar refractivity (Wildman–Crippen MR) is 72.8 cm³/mol. The molecule has 0 amide bonds. The van der Waals surface area contributed by atoms with Crippen LogP contribution in [0, 0.1) is 5.41 Å². The van der Waals surface area contributed by atoms with Gasteiger partial charge in [0.15, 0.2) is 0 Å². The smallest absolute Gasteiger partial charge is 0.0699 e. The minimum atomic E-state index is 0.0848. The van der Waals surface area contributed by atoms with Gasteiger partial charge in [-0.15, -0.1) is 0 Å². The lowest BCUT2D eigenvalue weighted by Crippen LogP contribution is -2.27. The Balaban J connectivity index is 2.17. The van der Waals surface area contributed by atoms with Crippen LogP contribution >= 0.6 is 15.9 Å². The molecule has 1 aromatic heterocycles. The highest BCUT2D eigenvalue weighted by molar-refractivity contribution is 9.10. The predicted octanol–water partition coefficient (Wildman–Crippen LogP) is 2.01. The number of rotatable bonds is 5. The molecule has 1 atom stereocenters. The van der Waals surface area contributed by atoms with E-state index in [2.05, 4.69) is 46.9 Å². The van der Waals surface area contributed by atoms with Gasteiger partial charge in [0.2, 0.25) is 0 Å². The molecule has 0 aromatic carbocycles. The summed E-state index contributed by atoms with van der Waals surface area (Å²) in [5.74, 6) is 0. The second kappa shape index (κ2) is 4.71. The van der Waals surface area contributed by atoms with Gasteiger partial charge in [-0.25, -0.2) is 0 Å². The average molecular weight is 301 g/mol. The van der Waals surface area contributed by atoms with Gasteiger partial charge in [0, 0.05) is 6.54 Å². The largest absolute Gasteiger partial charge is 0.322 e. The summed E-state index contributed by atoms with van der Waals surface area (Å²) >= 11 is 3.57. The van der Waals surface area contributed by atoms with Crippen LogP contribution in [0.15, 0.2) is 10.7 Å². The Morgan fingerprint density at radius 2 is 2.24 bits per heavy atom. The minimum Gasteiger partial charge on any atom is -0.322 e. The maximum absolute atomic E-state index is 6.38. The van der Waals surface area contributed by atoms with Crippen LogP contribution < -0.4 is 5.73 Å². The van der Waals surface area contributed by atoms with E-state index in [1.54, 1.807) is 0 Å². The van der Waals surface area contributed by atoms with E-state index in [-0.39, 0.29) is 11.5 Å². The van der Waals surface area contributed by atoms with Crippen molar-refractivity contribution in [2.75, 3.05) is 20.6 Å². The Morgan fingerprint density at radius 1 is 1.59 bits per heavy atom. The van der Waals surface area contributed by atoms with E-state index in [9.17, 15) is 0 Å². The van der Waals surface area contributed by atoms with Crippen LogP contribution in [0.25, 0.3) is 0 Å². The first-order chi connectivity index (χ1) is 7.94. The van der Waals surface area contributed by atoms with Gasteiger partial charge in [0.05, 0.1) is 29.0 Å². The summed E-state index contributed by atoms with van der Waals surface area (Å²) in [4.78, 5) is 2.16. The van der Waals surface area contributed by atoms with Crippen molar-refractivity contribution in [1.82, 2.24) is 14.7 Å². The molecule has 17 heavy (non-hydrogen) atoms. The van der Waals surface area contributed by atoms with Crippen LogP contribution in [0.4, 0.5) is 0 Å². The Hall–Kier alpha value is -0.390. The topological polar surface area (TPSA) is 47.1 Å². The summed E-state index contributed by atoms with van der Waals surface area (Å²) in [6, 6.07) is 0.0848. The highest BCUT2D eigenvalue weighted by Gasteiger charge is 2.45. The van der Waals surface area contributed by atoms with Crippen molar-refractivity contribution in [3.05, 3.63) is 16.4 Å². The fourth-order valence-electron chi connectivity index (χ4n) is 1.99. The molecule has 0 spiro atoms. The van der Waals surface area contributed by atoms with E-state index in [1.165, 1.54) is 12.8 Å². The molecule has 96 valence electrons. The fraction of sp³-hybridized carbons (Fsp3) is 0.750. The summed E-state index contributed by atoms with van der Waals surface area (Å²) in [7, 11) is 4.14. The molecular formula is C12H21BrN4. The first-order valence-electron chi connectivity index (χ1n) is 6.05. The molecule has 1 aliphatic rings. The van der Waals surface area contributed by atoms with E-state index < -0.39 is 0 Å². The fourth-order valence-corrected chi connectivity index (χ4v) is 2.54. The van der Waals surface area contributed by atoms with E-state index in [0.29, 0.717) is 0 Å². The lowest BCUT2D eigenvalue weighted by molar-refractivity contribution is 0.353. The summed E-state index contributed by atoms with van der Waals surface area (Å²) in [5.41, 5.74) is 7.80. The SMILES string of the molecule is CN(C)CCn1ncc(Br)c1C(N)C1(C)CC1. The van der Waals surface area contributed by atoms with Crippen molar-refractivity contribution in [1.29, 1.82) is 0 Å². The van der Waals surface area contributed by atoms with Crippen LogP contribution in [0.2, 0.25) is 0 Å². The molecule has 0 bridgehead atoms. The van der Waals surface area contributed by atoms with E-state index in [1.807, 2.05) is 10.9 Å². The zero-order valence-electron chi connectivity index (χ0n) is 10.8. The molecule has 1 aromatic rings. The highest BCUT2D eigenvalue weighted by Crippen LogP contribution is 2.54. The maximum Gasteiger partial charge on any atom is 0.0699 e. The number of hydrogen-bond donors (Lipinski definition) is 1. The van der Waals surface area contributed by atoms with Gasteiger partial charge in [0.25, 0.3) is 0 Å². The molecule has 1 unspecified atom stereocenters. The first kappa shape index (κ1) is 13.1. The third-order valence-electron chi connectivity index (χ3n) is 3.68. The van der Waals surface area contributed by atoms with Crippen LogP contribution in [-0.4, -0.2) is 35.3 Å². The van der Waals surface area contributed by atoms with Crippen molar-refractivity contribution >= 4 is 15.9 Å². The average Bonchev–Trinajstić information content (AvgIpc) is 2.90. The Bertz CT molecular complexity index is 395. The monoisotopic (exact) mass is 300 g/mol. The van der Waals surface area contributed by atoms with Gasteiger partial charge in [0.1, 0.15) is 0 Å². The first-order valence-corrected chi connectivity index (χ1v) is 6.85. The quantitative estimate of drug-likeness (QED) is 0.905. The van der Waals surface area contributed by atoms with Gasteiger partial charge in [-0.3, -0.25) is 4.68 Å². The maximum atomic E-state index is 6.38. The number of halogens is 1. The van der Waals surface area contributed by atoms with Crippen LogP contribution in [0.3, 0.4) is 0 Å². The second-order valence-electron chi connectivity index (χ2n) is 5.54. The van der Waals surface area contributed by atoms with Gasteiger partial charge in [-0.2, -0.15) is 5.10 Å². The standard InChI is InChI=1S/C12H21BrN4/c1-12(4-5-12)11(14)10-9(13)8-15-17(10)7-6-16(2)3/h8,11H,4-7,14H2,1-3H3. The molecule has 0 aliphatic heterocycles. The summed E-state index contributed by atoms with van der Waals surface area (Å²) in [5, 5.41) is 4.41. The lowest BCUT2D eigenvalue weighted by atomic mass is 9.97. The molecule has 0 radical (unpaired) electrons. The second-order valence-corrected chi connectivity index (χ2v) is 6.39. The Morgan fingerprint density at radius 3 is 2.76 bits per heavy atom. The minimum absolute atomic E-state index is 0.0848. The molecular weight excluding hydrogens is 280 g/mol. The number of aromatic nitrogens is 2. The molecule has 5 heteroatoms. The highest BCUT2D eigenvalue weighted by atomic mass is 79.9. The number of likely N-dealkylation sites (N-methyl/N-ethyl adjacent to an activating group) is 1. The van der Waals surface area contributed by atoms with E-state index >= 15 is 0 Å². The Kier molecular flexibility index (Phi) is 3.61. The Labute approximate surface area is 111 Å². The molecule has 1 saturated carbocycles. The zero-order valence-corrected chi connectivity index (χ0v) is 12.4. The molecule has 2 rings (SSSR count). The van der Waals surface area contributed by atoms with Crippen molar-refractivity contribution < 1.29 is 0 Å². The van der Waals surface area contributed by atoms with Crippen molar-refractivity contribution in [3.63, 3.8) is 0 Å². The van der Waals surface area contributed by atoms with E-state index in [0.717, 1.165) is 23.3 Å². The van der Waals surface area contributed by atoms with Gasteiger partial charge in [-0.05, 0) is 48.3 Å². The van der Waals surface area contributed by atoms with Gasteiger partial charge in [-0.1, -0.05) is 6.92 Å². The normalized spacial score (nSPS) is 19.6. The molecule has 1 fully saturated rings. The number of hydrogen-bond acceptors (Lipinski definition) is 3. The van der Waals surface area contributed by atoms with Crippen molar-refractivity contribution in [2.45, 2.75) is 32.4 Å². The zero-order chi connectivity index (χ0) is 12.6. The summed E-state index contributed by atoms with van der Waals surface area (Å²) in [6.07, 6.45) is 4.30. The lowest BCUT2D eigenvalue weighted by Gasteiger charge is -2.21. The molecule has 2 N–H and O–H groups in total. The summed E-state index contributed by atoms with van der Waals surface area (Å²) < 4.78 is 3.08. The molecule has 1 aliphatic carbocycles. The summed E-state index contributed by atoms with van der Waals surface area (Å²) in [6.45, 7) is 4.12. The third kappa shape index (κ3) is 2.72. The van der Waals surface area contributed by atoms with Crippen molar-refractivity contribution in [3.8, 4) is 0 Å². The van der Waals surface area contributed by atoms with Crippen LogP contribution in [-0.2, 0) is 6.54 Å². The van der Waals surface area contributed by atoms with Gasteiger partial charge < -0.3 is 10.6 Å². The number of nitrogens with zero attached hydrogens (tertiary/aromatic N) is 3. The van der Waals surface area contributed by atoms with E-state index in [4.69, 9.17) is 5.73 Å². The van der Waals surface area contributed by atoms with Crippen molar-refractivity contribution in [2.24, 2.45) is 11.1 Å². The van der Waals surface area contributed by atoms with Crippen LogP contribution in [0.5, 0.6) is 0 Å². The molecule has 4 nitrogen and oxygen atoms in total. The van der Waals surface area contributed by atoms with Crippen LogP contribution in [0.1, 0.15) is 31.5 Å². The molecule has 0 saturated heterocycles. The number of nitrogens with two attached hydrogens (primary N) is 1. The van der Waals surface area contributed by atoms with Gasteiger partial charge >= 0.3 is 0 Å². The molecule has 1 heterocycles.